The second-order valence-corrected chi connectivity index (χ2v) is 7.21. The Morgan fingerprint density at radius 2 is 2.25 bits per heavy atom. The summed E-state index contributed by atoms with van der Waals surface area (Å²) in [4.78, 5) is 1.04. The summed E-state index contributed by atoms with van der Waals surface area (Å²) in [5, 5.41) is 17.9. The lowest BCUT2D eigenvalue weighted by Crippen LogP contribution is -2.05. The fourth-order valence-corrected chi connectivity index (χ4v) is 3.75. The molecule has 3 rings (SSSR count). The first-order chi connectivity index (χ1) is 9.78. The molecule has 1 aliphatic rings. The highest BCUT2D eigenvalue weighted by Gasteiger charge is 2.17. The van der Waals surface area contributed by atoms with Gasteiger partial charge in [-0.15, -0.1) is 21.5 Å². The Bertz CT molecular complexity index is 692. The van der Waals surface area contributed by atoms with Crippen LogP contribution in [0.2, 0.25) is 0 Å². The summed E-state index contributed by atoms with van der Waals surface area (Å²) in [5.41, 5.74) is 0.583. The van der Waals surface area contributed by atoms with Crippen LogP contribution in [0.3, 0.4) is 0 Å². The number of rotatable bonds is 2. The van der Waals surface area contributed by atoms with E-state index in [4.69, 9.17) is 0 Å². The van der Waals surface area contributed by atoms with Crippen molar-refractivity contribution in [3.05, 3.63) is 32.4 Å². The third-order valence-corrected chi connectivity index (χ3v) is 4.92. The first-order valence-corrected chi connectivity index (χ1v) is 8.18. The number of fused-ring (bicyclic) bond motifs is 1. The first-order valence-electron chi connectivity index (χ1n) is 6.57. The number of halogens is 1. The standard InChI is InChI=1S/C14H13BrN4S/c15-12-6-5-11(20-12)8-10(9-16)14-18-17-13-4-2-1-3-7-19(13)14/h5-6,8H,1-4,7H2. The van der Waals surface area contributed by atoms with Gasteiger partial charge in [-0.3, -0.25) is 0 Å². The van der Waals surface area contributed by atoms with E-state index in [1.807, 2.05) is 18.2 Å². The minimum atomic E-state index is 0.583. The highest BCUT2D eigenvalue weighted by molar-refractivity contribution is 9.11. The van der Waals surface area contributed by atoms with Crippen LogP contribution in [0, 0.1) is 11.3 Å². The van der Waals surface area contributed by atoms with E-state index in [-0.39, 0.29) is 0 Å². The summed E-state index contributed by atoms with van der Waals surface area (Å²) in [7, 11) is 0. The fourth-order valence-electron chi connectivity index (χ4n) is 2.38. The van der Waals surface area contributed by atoms with Gasteiger partial charge in [-0.1, -0.05) is 6.42 Å². The molecule has 0 amide bonds. The average molecular weight is 349 g/mol. The SMILES string of the molecule is N#CC(=Cc1ccc(Br)s1)c1nnc2n1CCCCC2. The van der Waals surface area contributed by atoms with Crippen molar-refractivity contribution in [2.45, 2.75) is 32.2 Å². The van der Waals surface area contributed by atoms with Gasteiger partial charge in [0.1, 0.15) is 11.9 Å². The van der Waals surface area contributed by atoms with Gasteiger partial charge in [0.2, 0.25) is 0 Å². The lowest BCUT2D eigenvalue weighted by atomic mass is 10.2. The van der Waals surface area contributed by atoms with E-state index >= 15 is 0 Å². The molecule has 1 aliphatic heterocycles. The normalized spacial score (nSPS) is 15.5. The molecule has 4 nitrogen and oxygen atoms in total. The monoisotopic (exact) mass is 348 g/mol. The molecule has 0 bridgehead atoms. The van der Waals surface area contributed by atoms with Crippen molar-refractivity contribution in [2.24, 2.45) is 0 Å². The van der Waals surface area contributed by atoms with Crippen molar-refractivity contribution in [2.75, 3.05) is 0 Å². The zero-order valence-corrected chi connectivity index (χ0v) is 13.2. The molecule has 0 atom stereocenters. The molecule has 102 valence electrons. The number of aryl methyl sites for hydroxylation is 1. The summed E-state index contributed by atoms with van der Waals surface area (Å²) in [6.45, 7) is 0.908. The molecule has 2 aromatic heterocycles. The zero-order valence-electron chi connectivity index (χ0n) is 10.8. The van der Waals surface area contributed by atoms with Gasteiger partial charge in [-0.05, 0) is 47.0 Å². The van der Waals surface area contributed by atoms with Gasteiger partial charge < -0.3 is 4.57 Å². The number of aromatic nitrogens is 3. The molecule has 0 saturated carbocycles. The maximum absolute atomic E-state index is 9.43. The number of nitrogens with zero attached hydrogens (tertiary/aromatic N) is 4. The molecule has 0 spiro atoms. The van der Waals surface area contributed by atoms with Crippen molar-refractivity contribution in [1.82, 2.24) is 14.8 Å². The number of allylic oxidation sites excluding steroid dienone is 1. The molecule has 0 radical (unpaired) electrons. The van der Waals surface area contributed by atoms with Crippen molar-refractivity contribution in [3.8, 4) is 6.07 Å². The number of hydrogen-bond donors (Lipinski definition) is 0. The Labute approximate surface area is 129 Å². The van der Waals surface area contributed by atoms with Crippen LogP contribution in [0.15, 0.2) is 15.9 Å². The predicted molar refractivity (Wildman–Crippen MR) is 83.1 cm³/mol. The fraction of sp³-hybridized carbons (Fsp3) is 0.357. The van der Waals surface area contributed by atoms with Gasteiger partial charge >= 0.3 is 0 Å². The van der Waals surface area contributed by atoms with Crippen molar-refractivity contribution in [1.29, 1.82) is 5.26 Å². The molecule has 0 aliphatic carbocycles. The Hall–Kier alpha value is -1.45. The third-order valence-electron chi connectivity index (χ3n) is 3.35. The summed E-state index contributed by atoms with van der Waals surface area (Å²) >= 11 is 5.04. The minimum Gasteiger partial charge on any atom is -0.310 e. The topological polar surface area (TPSA) is 54.5 Å². The second kappa shape index (κ2) is 5.90. The molecule has 2 aromatic rings. The first kappa shape index (κ1) is 13.5. The van der Waals surface area contributed by atoms with E-state index in [1.165, 1.54) is 6.42 Å². The van der Waals surface area contributed by atoms with Crippen molar-refractivity contribution >= 4 is 38.9 Å². The second-order valence-electron chi connectivity index (χ2n) is 4.71. The van der Waals surface area contributed by atoms with Gasteiger partial charge in [0.05, 0.1) is 9.36 Å². The van der Waals surface area contributed by atoms with Crippen LogP contribution >= 0.6 is 27.3 Å². The van der Waals surface area contributed by atoms with Crippen LogP contribution in [0.5, 0.6) is 0 Å². The van der Waals surface area contributed by atoms with Crippen LogP contribution in [0.4, 0.5) is 0 Å². The average Bonchev–Trinajstić information content (AvgIpc) is 2.96. The molecule has 0 N–H and O–H groups in total. The lowest BCUT2D eigenvalue weighted by molar-refractivity contribution is 0.627. The lowest BCUT2D eigenvalue weighted by Gasteiger charge is -2.05. The Morgan fingerprint density at radius 3 is 3.00 bits per heavy atom. The van der Waals surface area contributed by atoms with Crippen LogP contribution in [-0.4, -0.2) is 14.8 Å². The predicted octanol–water partition coefficient (Wildman–Crippen LogP) is 3.89. The summed E-state index contributed by atoms with van der Waals surface area (Å²) in [5.74, 6) is 1.71. The highest BCUT2D eigenvalue weighted by atomic mass is 79.9. The van der Waals surface area contributed by atoms with Gasteiger partial charge in [-0.25, -0.2) is 0 Å². The Morgan fingerprint density at radius 1 is 1.35 bits per heavy atom. The smallest absolute Gasteiger partial charge is 0.174 e. The minimum absolute atomic E-state index is 0.583. The molecule has 6 heteroatoms. The van der Waals surface area contributed by atoms with Crippen molar-refractivity contribution < 1.29 is 0 Å². The Balaban J connectivity index is 2.00. The van der Waals surface area contributed by atoms with E-state index in [9.17, 15) is 5.26 Å². The third kappa shape index (κ3) is 2.69. The molecular formula is C14H13BrN4S. The van der Waals surface area contributed by atoms with Crippen LogP contribution in [0.1, 0.15) is 35.8 Å². The highest BCUT2D eigenvalue weighted by Crippen LogP contribution is 2.27. The molecule has 0 fully saturated rings. The maximum atomic E-state index is 9.43. The van der Waals surface area contributed by atoms with E-state index < -0.39 is 0 Å². The molecule has 0 saturated heterocycles. The van der Waals surface area contributed by atoms with Crippen molar-refractivity contribution in [3.63, 3.8) is 0 Å². The van der Waals surface area contributed by atoms with E-state index in [2.05, 4.69) is 36.8 Å². The van der Waals surface area contributed by atoms with Gasteiger partial charge in [0, 0.05) is 17.8 Å². The quantitative estimate of drug-likeness (QED) is 0.773. The Kier molecular flexibility index (Phi) is 3.99. The molecular weight excluding hydrogens is 336 g/mol. The van der Waals surface area contributed by atoms with E-state index in [0.717, 1.165) is 40.3 Å². The number of hydrogen-bond acceptors (Lipinski definition) is 4. The number of thiophene rings is 1. The molecule has 0 aromatic carbocycles. The zero-order chi connectivity index (χ0) is 13.9. The van der Waals surface area contributed by atoms with Crippen LogP contribution in [0.25, 0.3) is 11.6 Å². The molecule has 20 heavy (non-hydrogen) atoms. The summed E-state index contributed by atoms with van der Waals surface area (Å²) < 4.78 is 3.16. The summed E-state index contributed by atoms with van der Waals surface area (Å²) in [6.07, 6.45) is 6.34. The molecule has 0 unspecified atom stereocenters. The summed E-state index contributed by atoms with van der Waals surface area (Å²) in [6, 6.07) is 6.24. The maximum Gasteiger partial charge on any atom is 0.174 e. The largest absolute Gasteiger partial charge is 0.310 e. The molecule has 3 heterocycles. The van der Waals surface area contributed by atoms with Crippen LogP contribution < -0.4 is 0 Å². The van der Waals surface area contributed by atoms with Gasteiger partial charge in [0.15, 0.2) is 5.82 Å². The number of nitriles is 1. The van der Waals surface area contributed by atoms with Crippen LogP contribution in [-0.2, 0) is 13.0 Å². The van der Waals surface area contributed by atoms with Gasteiger partial charge in [-0.2, -0.15) is 5.26 Å². The van der Waals surface area contributed by atoms with E-state index in [1.54, 1.807) is 11.3 Å². The van der Waals surface area contributed by atoms with Gasteiger partial charge in [0.25, 0.3) is 0 Å². The van der Waals surface area contributed by atoms with E-state index in [0.29, 0.717) is 11.4 Å².